The first-order chi connectivity index (χ1) is 10.9. The molecule has 2 aromatic heterocycles. The number of nitrogens with zero attached hydrogens (tertiary/aromatic N) is 1. The molecular weight excluding hydrogens is 344 g/mol. The number of fused-ring (bicyclic) bond motifs is 1. The van der Waals surface area contributed by atoms with Crippen molar-refractivity contribution in [2.24, 2.45) is 0 Å². The molecule has 0 aliphatic rings. The van der Waals surface area contributed by atoms with Crippen LogP contribution in [0.1, 0.15) is 12.7 Å². The zero-order valence-electron chi connectivity index (χ0n) is 12.1. The Bertz CT molecular complexity index is 1000. The molecule has 0 amide bonds. The van der Waals surface area contributed by atoms with Crippen molar-refractivity contribution in [1.82, 2.24) is 9.29 Å². The summed E-state index contributed by atoms with van der Waals surface area (Å²) in [5.74, 6) is -0.0916. The molecule has 2 heterocycles. The molecule has 1 aromatic carbocycles. The van der Waals surface area contributed by atoms with Crippen molar-refractivity contribution in [2.75, 3.05) is 0 Å². The highest BCUT2D eigenvalue weighted by Gasteiger charge is 2.21. The van der Waals surface area contributed by atoms with Gasteiger partial charge in [-0.25, -0.2) is 17.9 Å². The Morgan fingerprint density at radius 3 is 2.78 bits per heavy atom. The Balaban J connectivity index is 2.01. The second-order valence-corrected chi connectivity index (χ2v) is 6.91. The lowest BCUT2D eigenvalue weighted by Crippen LogP contribution is -2.23. The van der Waals surface area contributed by atoms with Gasteiger partial charge in [0.25, 0.3) is 0 Å². The number of halogens is 1. The van der Waals surface area contributed by atoms with Crippen LogP contribution < -0.4 is 10.5 Å². The average Bonchev–Trinajstić information content (AvgIpc) is 3.11. The lowest BCUT2D eigenvalue weighted by Gasteiger charge is -2.07. The van der Waals surface area contributed by atoms with Gasteiger partial charge in [-0.05, 0) is 25.1 Å². The van der Waals surface area contributed by atoms with Gasteiger partial charge in [0.15, 0.2) is 5.58 Å². The molecule has 0 atom stereocenters. The molecule has 0 fully saturated rings. The summed E-state index contributed by atoms with van der Waals surface area (Å²) >= 11 is 6.09. The van der Waals surface area contributed by atoms with Crippen LogP contribution in [0.5, 0.6) is 0 Å². The summed E-state index contributed by atoms with van der Waals surface area (Å²) in [5, 5.41) is 0.00689. The number of sulfonamides is 1. The minimum absolute atomic E-state index is 0.00689. The third kappa shape index (κ3) is 2.92. The molecule has 0 spiro atoms. The Morgan fingerprint density at radius 1 is 1.35 bits per heavy atom. The molecule has 0 bridgehead atoms. The summed E-state index contributed by atoms with van der Waals surface area (Å²) in [5.41, 5.74) is 0.618. The van der Waals surface area contributed by atoms with Crippen LogP contribution in [-0.4, -0.2) is 13.0 Å². The fraction of sp³-hybridized carbons (Fsp3) is 0.214. The highest BCUT2D eigenvalue weighted by Crippen LogP contribution is 2.27. The molecule has 7 nitrogen and oxygen atoms in total. The molecule has 0 saturated carbocycles. The summed E-state index contributed by atoms with van der Waals surface area (Å²) < 4.78 is 38.7. The fourth-order valence-corrected chi connectivity index (χ4v) is 3.76. The number of aromatic nitrogens is 1. The number of aryl methyl sites for hydroxylation is 1. The second-order valence-electron chi connectivity index (χ2n) is 4.77. The maximum absolute atomic E-state index is 12.4. The summed E-state index contributed by atoms with van der Waals surface area (Å²) in [6, 6.07) is 5.96. The zero-order valence-corrected chi connectivity index (χ0v) is 13.6. The lowest BCUT2D eigenvalue weighted by molar-refractivity contribution is 0.498. The third-order valence-electron chi connectivity index (χ3n) is 3.34. The minimum Gasteiger partial charge on any atom is -0.468 e. The van der Waals surface area contributed by atoms with Crippen molar-refractivity contribution < 1.29 is 17.3 Å². The van der Waals surface area contributed by atoms with E-state index >= 15 is 0 Å². The first-order valence-corrected chi connectivity index (χ1v) is 8.63. The summed E-state index contributed by atoms with van der Waals surface area (Å²) in [6.45, 7) is 2.16. The molecule has 0 radical (unpaired) electrons. The Morgan fingerprint density at radius 2 is 2.13 bits per heavy atom. The summed E-state index contributed by atoms with van der Waals surface area (Å²) in [6.07, 6.45) is 1.45. The number of hydrogen-bond donors (Lipinski definition) is 1. The molecule has 9 heteroatoms. The minimum atomic E-state index is -3.88. The normalized spacial score (nSPS) is 12.1. The largest absolute Gasteiger partial charge is 0.468 e. The first kappa shape index (κ1) is 15.9. The number of furan rings is 1. The van der Waals surface area contributed by atoms with Gasteiger partial charge in [-0.2, -0.15) is 0 Å². The second kappa shape index (κ2) is 5.88. The van der Waals surface area contributed by atoms with E-state index < -0.39 is 15.8 Å². The van der Waals surface area contributed by atoms with Gasteiger partial charge in [0.2, 0.25) is 10.0 Å². The van der Waals surface area contributed by atoms with Gasteiger partial charge in [-0.1, -0.05) is 11.6 Å². The smallest absolute Gasteiger partial charge is 0.419 e. The molecule has 3 aromatic rings. The molecule has 1 N–H and O–H groups in total. The molecule has 0 unspecified atom stereocenters. The Hall–Kier alpha value is -2.03. The van der Waals surface area contributed by atoms with Gasteiger partial charge in [0.05, 0.1) is 23.3 Å². The zero-order chi connectivity index (χ0) is 16.6. The fourth-order valence-electron chi connectivity index (χ4n) is 2.23. The van der Waals surface area contributed by atoms with Crippen LogP contribution >= 0.6 is 11.6 Å². The van der Waals surface area contributed by atoms with E-state index in [1.165, 1.54) is 23.0 Å². The van der Waals surface area contributed by atoms with E-state index in [-0.39, 0.29) is 22.0 Å². The Labute approximate surface area is 136 Å². The van der Waals surface area contributed by atoms with E-state index in [1.807, 2.05) is 0 Å². The van der Waals surface area contributed by atoms with Gasteiger partial charge < -0.3 is 8.83 Å². The van der Waals surface area contributed by atoms with Crippen molar-refractivity contribution in [2.45, 2.75) is 24.9 Å². The number of benzene rings is 1. The van der Waals surface area contributed by atoms with Gasteiger partial charge in [-0.3, -0.25) is 4.57 Å². The van der Waals surface area contributed by atoms with E-state index in [9.17, 15) is 13.2 Å². The van der Waals surface area contributed by atoms with Crippen LogP contribution in [0.3, 0.4) is 0 Å². The predicted molar refractivity (Wildman–Crippen MR) is 83.9 cm³/mol. The van der Waals surface area contributed by atoms with Crippen molar-refractivity contribution in [3.63, 3.8) is 0 Å². The van der Waals surface area contributed by atoms with Crippen LogP contribution in [0.2, 0.25) is 5.02 Å². The standard InChI is InChI=1S/C14H13ClN2O5S/c1-2-17-11-6-10(15)13(7-12(11)22-14(17)18)23(19,20)16-8-9-4-3-5-21-9/h3-7,16H,2,8H2,1H3. The van der Waals surface area contributed by atoms with E-state index in [4.69, 9.17) is 20.4 Å². The van der Waals surface area contributed by atoms with Crippen molar-refractivity contribution >= 4 is 32.7 Å². The van der Waals surface area contributed by atoms with Crippen LogP contribution in [0.15, 0.2) is 49.1 Å². The topological polar surface area (TPSA) is 94.5 Å². The van der Waals surface area contributed by atoms with E-state index in [0.717, 1.165) is 0 Å². The Kier molecular flexibility index (Phi) is 4.05. The van der Waals surface area contributed by atoms with E-state index in [0.29, 0.717) is 17.8 Å². The molecule has 0 saturated heterocycles. The predicted octanol–water partition coefficient (Wildman–Crippen LogP) is 2.34. The lowest BCUT2D eigenvalue weighted by atomic mass is 10.3. The summed E-state index contributed by atoms with van der Waals surface area (Å²) in [4.78, 5) is 11.5. The number of hydrogen-bond acceptors (Lipinski definition) is 5. The number of rotatable bonds is 5. The van der Waals surface area contributed by atoms with E-state index in [2.05, 4.69) is 4.72 Å². The summed E-state index contributed by atoms with van der Waals surface area (Å²) in [7, 11) is -3.88. The van der Waals surface area contributed by atoms with Crippen molar-refractivity contribution in [3.8, 4) is 0 Å². The molecular formula is C14H13ClN2O5S. The average molecular weight is 357 g/mol. The SMILES string of the molecule is CCn1c(=O)oc2cc(S(=O)(=O)NCc3ccco3)c(Cl)cc21. The van der Waals surface area contributed by atoms with Crippen LogP contribution in [0.25, 0.3) is 11.1 Å². The molecule has 3 rings (SSSR count). The molecule has 0 aliphatic heterocycles. The molecule has 0 aliphatic carbocycles. The van der Waals surface area contributed by atoms with Crippen LogP contribution in [0.4, 0.5) is 0 Å². The maximum Gasteiger partial charge on any atom is 0.419 e. The molecule has 122 valence electrons. The first-order valence-electron chi connectivity index (χ1n) is 6.77. The number of nitrogens with one attached hydrogen (secondary N) is 1. The monoisotopic (exact) mass is 356 g/mol. The third-order valence-corrected chi connectivity index (χ3v) is 5.21. The van der Waals surface area contributed by atoms with E-state index in [1.54, 1.807) is 19.1 Å². The van der Waals surface area contributed by atoms with Gasteiger partial charge >= 0.3 is 5.76 Å². The van der Waals surface area contributed by atoms with Gasteiger partial charge in [0.1, 0.15) is 10.7 Å². The van der Waals surface area contributed by atoms with Gasteiger partial charge in [-0.15, -0.1) is 0 Å². The quantitative estimate of drug-likeness (QED) is 0.757. The maximum atomic E-state index is 12.4. The molecule has 23 heavy (non-hydrogen) atoms. The van der Waals surface area contributed by atoms with Crippen LogP contribution in [0, 0.1) is 0 Å². The van der Waals surface area contributed by atoms with Crippen molar-refractivity contribution in [1.29, 1.82) is 0 Å². The van der Waals surface area contributed by atoms with Gasteiger partial charge in [0, 0.05) is 12.6 Å². The highest BCUT2D eigenvalue weighted by atomic mass is 35.5. The van der Waals surface area contributed by atoms with Crippen molar-refractivity contribution in [3.05, 3.63) is 51.9 Å². The number of oxazole rings is 1. The van der Waals surface area contributed by atoms with Crippen LogP contribution in [-0.2, 0) is 23.1 Å². The highest BCUT2D eigenvalue weighted by molar-refractivity contribution is 7.89.